The molecule has 0 amide bonds. The van der Waals surface area contributed by atoms with Crippen LogP contribution in [0.3, 0.4) is 0 Å². The highest BCUT2D eigenvalue weighted by Crippen LogP contribution is 2.31. The number of aromatic nitrogens is 3. The molecule has 6 rings (SSSR count). The molecule has 0 bridgehead atoms. The van der Waals surface area contributed by atoms with Crippen molar-refractivity contribution in [1.29, 1.82) is 0 Å². The molecule has 3 heterocycles. The Morgan fingerprint density at radius 3 is 2.87 bits per heavy atom. The summed E-state index contributed by atoms with van der Waals surface area (Å²) in [7, 11) is 0. The summed E-state index contributed by atoms with van der Waals surface area (Å²) in [5.41, 5.74) is 10.4. The third-order valence-corrected chi connectivity index (χ3v) is 7.43. The Hall–Kier alpha value is -2.66. The van der Waals surface area contributed by atoms with Gasteiger partial charge in [0.2, 0.25) is 5.95 Å². The van der Waals surface area contributed by atoms with Gasteiger partial charge in [-0.05, 0) is 79.5 Å². The molecule has 1 N–H and O–H groups in total. The number of nitrogens with one attached hydrogen (secondary N) is 1. The van der Waals surface area contributed by atoms with Crippen LogP contribution in [0.2, 0.25) is 0 Å². The van der Waals surface area contributed by atoms with Crippen molar-refractivity contribution >= 4 is 28.3 Å². The Bertz CT molecular complexity index is 1250. The van der Waals surface area contributed by atoms with Crippen molar-refractivity contribution in [3.8, 4) is 11.3 Å². The molecular formula is C25H26N4S. The van der Waals surface area contributed by atoms with E-state index in [1.165, 1.54) is 64.0 Å². The Morgan fingerprint density at radius 1 is 1.03 bits per heavy atom. The first-order valence-electron chi connectivity index (χ1n) is 11.0. The number of anilines is 1. The fraction of sp³-hybridized carbons (Fsp3) is 0.360. The molecule has 2 aliphatic rings. The van der Waals surface area contributed by atoms with Gasteiger partial charge in [-0.25, -0.2) is 9.97 Å². The molecular weight excluding hydrogens is 388 g/mol. The van der Waals surface area contributed by atoms with E-state index in [9.17, 15) is 0 Å². The molecule has 4 aromatic rings. The van der Waals surface area contributed by atoms with E-state index >= 15 is 0 Å². The molecule has 1 aliphatic carbocycles. The van der Waals surface area contributed by atoms with Crippen LogP contribution >= 0.6 is 11.3 Å². The zero-order chi connectivity index (χ0) is 20.1. The van der Waals surface area contributed by atoms with Gasteiger partial charge >= 0.3 is 0 Å². The van der Waals surface area contributed by atoms with Gasteiger partial charge < -0.3 is 9.88 Å². The lowest BCUT2D eigenvalue weighted by molar-refractivity contribution is 0.642. The first-order chi connectivity index (χ1) is 14.7. The fourth-order valence-corrected chi connectivity index (χ4v) is 5.71. The summed E-state index contributed by atoms with van der Waals surface area (Å²) in [4.78, 5) is 9.78. The van der Waals surface area contributed by atoms with Crippen molar-refractivity contribution in [3.63, 3.8) is 0 Å². The summed E-state index contributed by atoms with van der Waals surface area (Å²) in [6.07, 6.45) is 7.11. The van der Waals surface area contributed by atoms with Crippen LogP contribution in [0.5, 0.6) is 0 Å². The van der Waals surface area contributed by atoms with Gasteiger partial charge in [0.15, 0.2) is 0 Å². The Kier molecular flexibility index (Phi) is 4.38. The van der Waals surface area contributed by atoms with Crippen LogP contribution in [0.1, 0.15) is 46.5 Å². The molecule has 0 unspecified atom stereocenters. The zero-order valence-electron chi connectivity index (χ0n) is 17.4. The van der Waals surface area contributed by atoms with Gasteiger partial charge in [0, 0.05) is 30.5 Å². The highest BCUT2D eigenvalue weighted by Gasteiger charge is 2.17. The molecule has 2 aromatic heterocycles. The largest absolute Gasteiger partial charge is 0.356 e. The van der Waals surface area contributed by atoms with Crippen LogP contribution in [0.25, 0.3) is 22.3 Å². The van der Waals surface area contributed by atoms with Crippen molar-refractivity contribution in [3.05, 3.63) is 63.0 Å². The molecule has 0 saturated carbocycles. The van der Waals surface area contributed by atoms with Crippen molar-refractivity contribution in [2.75, 3.05) is 11.9 Å². The molecule has 4 nitrogen and oxygen atoms in total. The van der Waals surface area contributed by atoms with E-state index in [0.717, 1.165) is 43.1 Å². The van der Waals surface area contributed by atoms with Gasteiger partial charge in [0.1, 0.15) is 0 Å². The maximum Gasteiger partial charge on any atom is 0.203 e. The van der Waals surface area contributed by atoms with Gasteiger partial charge in [-0.3, -0.25) is 0 Å². The molecule has 5 heteroatoms. The van der Waals surface area contributed by atoms with Crippen LogP contribution in [0.4, 0.5) is 5.95 Å². The summed E-state index contributed by atoms with van der Waals surface area (Å²) in [6.45, 7) is 4.25. The minimum Gasteiger partial charge on any atom is -0.356 e. The highest BCUT2D eigenvalue weighted by molar-refractivity contribution is 7.10. The van der Waals surface area contributed by atoms with Crippen LogP contribution in [0, 0.1) is 6.92 Å². The van der Waals surface area contributed by atoms with E-state index in [0.29, 0.717) is 0 Å². The molecule has 0 fully saturated rings. The minimum absolute atomic E-state index is 0.880. The minimum atomic E-state index is 0.880. The first kappa shape index (κ1) is 18.1. The van der Waals surface area contributed by atoms with Gasteiger partial charge in [-0.15, -0.1) is 11.3 Å². The zero-order valence-corrected chi connectivity index (χ0v) is 18.2. The second-order valence-electron chi connectivity index (χ2n) is 8.63. The number of benzene rings is 2. The number of rotatable bonds is 3. The normalized spacial score (nSPS) is 15.6. The van der Waals surface area contributed by atoms with Crippen molar-refractivity contribution in [2.24, 2.45) is 0 Å². The lowest BCUT2D eigenvalue weighted by Crippen LogP contribution is -2.16. The van der Waals surface area contributed by atoms with Crippen LogP contribution in [-0.2, 0) is 25.8 Å². The SMILES string of the molecule is Cc1cc2nc3n(c2cc1Cc1nc(-c2ccc4c(c2)CCCC4)cs1)CCCN3. The van der Waals surface area contributed by atoms with E-state index in [4.69, 9.17) is 9.97 Å². The average molecular weight is 415 g/mol. The number of thiazole rings is 1. The second-order valence-corrected chi connectivity index (χ2v) is 9.57. The summed E-state index contributed by atoms with van der Waals surface area (Å²) >= 11 is 1.78. The van der Waals surface area contributed by atoms with Gasteiger partial charge in [-0.1, -0.05) is 12.1 Å². The molecule has 0 radical (unpaired) electrons. The van der Waals surface area contributed by atoms with Gasteiger partial charge in [-0.2, -0.15) is 0 Å². The Labute approximate surface area is 181 Å². The van der Waals surface area contributed by atoms with E-state index in [-0.39, 0.29) is 0 Å². The predicted molar refractivity (Wildman–Crippen MR) is 125 cm³/mol. The molecule has 30 heavy (non-hydrogen) atoms. The highest BCUT2D eigenvalue weighted by atomic mass is 32.1. The number of aryl methyl sites for hydroxylation is 4. The van der Waals surface area contributed by atoms with Crippen molar-refractivity contribution in [1.82, 2.24) is 14.5 Å². The number of fused-ring (bicyclic) bond motifs is 4. The third-order valence-electron chi connectivity index (χ3n) is 6.59. The lowest BCUT2D eigenvalue weighted by atomic mass is 9.90. The molecule has 0 saturated heterocycles. The molecule has 2 aromatic carbocycles. The summed E-state index contributed by atoms with van der Waals surface area (Å²) in [5, 5.41) is 6.83. The Morgan fingerprint density at radius 2 is 1.93 bits per heavy atom. The molecule has 152 valence electrons. The quantitative estimate of drug-likeness (QED) is 0.464. The summed E-state index contributed by atoms with van der Waals surface area (Å²) in [5.74, 6) is 1.01. The molecule has 0 atom stereocenters. The number of hydrogen-bond donors (Lipinski definition) is 1. The van der Waals surface area contributed by atoms with Crippen LogP contribution in [-0.4, -0.2) is 21.1 Å². The van der Waals surface area contributed by atoms with Crippen molar-refractivity contribution < 1.29 is 0 Å². The molecule has 1 aliphatic heterocycles. The van der Waals surface area contributed by atoms with E-state index in [1.54, 1.807) is 11.3 Å². The van der Waals surface area contributed by atoms with Crippen molar-refractivity contribution in [2.45, 2.75) is 52.0 Å². The average Bonchev–Trinajstić information content (AvgIpc) is 3.38. The monoisotopic (exact) mass is 414 g/mol. The van der Waals surface area contributed by atoms with Crippen LogP contribution in [0.15, 0.2) is 35.7 Å². The van der Waals surface area contributed by atoms with Gasteiger partial charge in [0.25, 0.3) is 0 Å². The number of hydrogen-bond acceptors (Lipinski definition) is 4. The standard InChI is InChI=1S/C25H26N4S/c1-16-11-21-23(29-10-4-9-26-25(29)28-21)13-20(16)14-24-27-22(15-30-24)19-8-7-17-5-2-3-6-18(17)12-19/h7-8,11-13,15H,2-6,9-10,14H2,1H3,(H,26,28). The maximum absolute atomic E-state index is 5.00. The summed E-state index contributed by atoms with van der Waals surface area (Å²) < 4.78 is 2.32. The van der Waals surface area contributed by atoms with E-state index in [2.05, 4.69) is 52.5 Å². The maximum atomic E-state index is 5.00. The lowest BCUT2D eigenvalue weighted by Gasteiger charge is -2.16. The first-order valence-corrected chi connectivity index (χ1v) is 11.9. The van der Waals surface area contributed by atoms with Crippen LogP contribution < -0.4 is 5.32 Å². The van der Waals surface area contributed by atoms with Gasteiger partial charge in [0.05, 0.1) is 21.7 Å². The number of nitrogens with zero attached hydrogens (tertiary/aromatic N) is 3. The van der Waals surface area contributed by atoms with E-state index in [1.807, 2.05) is 0 Å². The smallest absolute Gasteiger partial charge is 0.203 e. The summed E-state index contributed by atoms with van der Waals surface area (Å²) in [6, 6.07) is 11.5. The second kappa shape index (κ2) is 7.24. The third kappa shape index (κ3) is 3.12. The molecule has 0 spiro atoms. The topological polar surface area (TPSA) is 42.7 Å². The van der Waals surface area contributed by atoms with E-state index < -0.39 is 0 Å². The predicted octanol–water partition coefficient (Wildman–Crippen LogP) is 5.75. The number of imidazole rings is 1. The fourth-order valence-electron chi connectivity index (χ4n) is 4.89. The Balaban J connectivity index is 1.31.